The normalized spacial score (nSPS) is 14.2. The number of amides is 2. The Bertz CT molecular complexity index is 906. The molecule has 0 N–H and O–H groups in total. The molecule has 2 amide bonds. The highest BCUT2D eigenvalue weighted by Crippen LogP contribution is 2.32. The second-order valence-corrected chi connectivity index (χ2v) is 6.24. The Morgan fingerprint density at radius 1 is 1.04 bits per heavy atom. The largest absolute Gasteiger partial charge is 0.452 e. The van der Waals surface area contributed by atoms with Crippen molar-refractivity contribution in [3.05, 3.63) is 59.7 Å². The van der Waals surface area contributed by atoms with Crippen molar-refractivity contribution in [3.8, 4) is 11.1 Å². The van der Waals surface area contributed by atoms with Crippen LogP contribution in [0.2, 0.25) is 0 Å². The molecule has 2 aromatic carbocycles. The molecule has 0 aromatic heterocycles. The standard InChI is InChI=1S/C20H16F3NO4/c21-20(22,23)14-9-7-13(8-10-14)15-4-1-2-5-16(15)19(27)28-12-18(26)24-11-3-6-17(24)25/h1-2,4-5,7-10H,3,6,11-12H2. The maximum Gasteiger partial charge on any atom is 0.416 e. The van der Waals surface area contributed by atoms with Gasteiger partial charge in [-0.05, 0) is 35.7 Å². The lowest BCUT2D eigenvalue weighted by molar-refractivity contribution is -0.144. The summed E-state index contributed by atoms with van der Waals surface area (Å²) < 4.78 is 43.2. The number of esters is 1. The SMILES string of the molecule is O=C(OCC(=O)N1CCCC1=O)c1ccccc1-c1ccc(C(F)(F)F)cc1. The Labute approximate surface area is 158 Å². The number of benzene rings is 2. The molecule has 28 heavy (non-hydrogen) atoms. The maximum absolute atomic E-state index is 12.7. The summed E-state index contributed by atoms with van der Waals surface area (Å²) >= 11 is 0. The molecule has 0 aliphatic carbocycles. The molecular formula is C20H16F3NO4. The number of hydrogen-bond donors (Lipinski definition) is 0. The van der Waals surface area contributed by atoms with Gasteiger partial charge in [0.15, 0.2) is 6.61 Å². The summed E-state index contributed by atoms with van der Waals surface area (Å²) in [5.74, 6) is -1.69. The predicted molar refractivity (Wildman–Crippen MR) is 93.1 cm³/mol. The summed E-state index contributed by atoms with van der Waals surface area (Å²) in [5.41, 5.74) is 0.104. The summed E-state index contributed by atoms with van der Waals surface area (Å²) in [6.45, 7) is -0.275. The summed E-state index contributed by atoms with van der Waals surface area (Å²) in [7, 11) is 0. The van der Waals surface area contributed by atoms with Gasteiger partial charge >= 0.3 is 12.1 Å². The molecule has 0 bridgehead atoms. The molecule has 0 spiro atoms. The quantitative estimate of drug-likeness (QED) is 0.746. The number of carbonyl (C=O) groups excluding carboxylic acids is 3. The first-order valence-electron chi connectivity index (χ1n) is 8.54. The maximum atomic E-state index is 12.7. The van der Waals surface area contributed by atoms with Crippen LogP contribution in [-0.4, -0.2) is 35.8 Å². The van der Waals surface area contributed by atoms with Gasteiger partial charge in [-0.2, -0.15) is 13.2 Å². The van der Waals surface area contributed by atoms with Crippen LogP contribution in [0.25, 0.3) is 11.1 Å². The fourth-order valence-electron chi connectivity index (χ4n) is 2.95. The first kappa shape index (κ1) is 19.6. The van der Waals surface area contributed by atoms with E-state index in [1.54, 1.807) is 18.2 Å². The van der Waals surface area contributed by atoms with E-state index in [0.717, 1.165) is 17.0 Å². The molecule has 2 aromatic rings. The molecule has 1 saturated heterocycles. The molecule has 146 valence electrons. The Balaban J connectivity index is 1.75. The van der Waals surface area contributed by atoms with E-state index >= 15 is 0 Å². The van der Waals surface area contributed by atoms with Gasteiger partial charge in [0.2, 0.25) is 5.91 Å². The minimum absolute atomic E-state index is 0.114. The number of halogens is 3. The summed E-state index contributed by atoms with van der Waals surface area (Å²) in [5, 5.41) is 0. The molecule has 5 nitrogen and oxygen atoms in total. The number of imide groups is 1. The molecule has 1 aliphatic rings. The van der Waals surface area contributed by atoms with Gasteiger partial charge in [-0.3, -0.25) is 14.5 Å². The highest BCUT2D eigenvalue weighted by atomic mass is 19.4. The second kappa shape index (κ2) is 7.84. The van der Waals surface area contributed by atoms with Gasteiger partial charge in [-0.1, -0.05) is 30.3 Å². The molecule has 0 unspecified atom stereocenters. The van der Waals surface area contributed by atoms with E-state index in [0.29, 0.717) is 24.1 Å². The van der Waals surface area contributed by atoms with E-state index < -0.39 is 30.2 Å². The van der Waals surface area contributed by atoms with Gasteiger partial charge < -0.3 is 4.74 Å². The monoisotopic (exact) mass is 391 g/mol. The third kappa shape index (κ3) is 4.21. The number of alkyl halides is 3. The van der Waals surface area contributed by atoms with Crippen molar-refractivity contribution in [2.75, 3.05) is 13.2 Å². The van der Waals surface area contributed by atoms with Crippen molar-refractivity contribution in [1.82, 2.24) is 4.90 Å². The van der Waals surface area contributed by atoms with Crippen molar-refractivity contribution in [2.24, 2.45) is 0 Å². The third-order valence-electron chi connectivity index (χ3n) is 4.37. The van der Waals surface area contributed by atoms with Gasteiger partial charge in [-0.15, -0.1) is 0 Å². The van der Waals surface area contributed by atoms with Crippen LogP contribution in [0.5, 0.6) is 0 Å². The van der Waals surface area contributed by atoms with Crippen LogP contribution in [-0.2, 0) is 20.5 Å². The highest BCUT2D eigenvalue weighted by molar-refractivity contribution is 6.00. The lowest BCUT2D eigenvalue weighted by atomic mass is 9.98. The molecule has 0 atom stereocenters. The van der Waals surface area contributed by atoms with Crippen LogP contribution in [0.1, 0.15) is 28.8 Å². The van der Waals surface area contributed by atoms with Gasteiger partial charge in [0.05, 0.1) is 11.1 Å². The van der Waals surface area contributed by atoms with E-state index in [4.69, 9.17) is 4.74 Å². The highest BCUT2D eigenvalue weighted by Gasteiger charge is 2.30. The first-order chi connectivity index (χ1) is 13.3. The van der Waals surface area contributed by atoms with Crippen molar-refractivity contribution >= 4 is 17.8 Å². The number of hydrogen-bond acceptors (Lipinski definition) is 4. The molecule has 1 aliphatic heterocycles. The van der Waals surface area contributed by atoms with E-state index in [1.165, 1.54) is 18.2 Å². The minimum atomic E-state index is -4.45. The van der Waals surface area contributed by atoms with Crippen molar-refractivity contribution in [2.45, 2.75) is 19.0 Å². The number of likely N-dealkylation sites (tertiary alicyclic amines) is 1. The minimum Gasteiger partial charge on any atom is -0.452 e. The lowest BCUT2D eigenvalue weighted by Gasteiger charge is -2.14. The fourth-order valence-corrected chi connectivity index (χ4v) is 2.95. The van der Waals surface area contributed by atoms with Crippen LogP contribution in [0, 0.1) is 0 Å². The summed E-state index contributed by atoms with van der Waals surface area (Å²) in [6, 6.07) is 10.6. The van der Waals surface area contributed by atoms with Gasteiger partial charge in [-0.25, -0.2) is 4.79 Å². The van der Waals surface area contributed by atoms with Crippen LogP contribution >= 0.6 is 0 Å². The van der Waals surface area contributed by atoms with E-state index in [-0.39, 0.29) is 17.9 Å². The van der Waals surface area contributed by atoms with Gasteiger partial charge in [0.1, 0.15) is 0 Å². The number of ether oxygens (including phenoxy) is 1. The average molecular weight is 391 g/mol. The third-order valence-corrected chi connectivity index (χ3v) is 4.37. The van der Waals surface area contributed by atoms with Crippen molar-refractivity contribution in [1.29, 1.82) is 0 Å². The summed E-state index contributed by atoms with van der Waals surface area (Å²) in [4.78, 5) is 37.0. The zero-order chi connectivity index (χ0) is 20.3. The van der Waals surface area contributed by atoms with Crippen LogP contribution in [0.3, 0.4) is 0 Å². The topological polar surface area (TPSA) is 63.7 Å². The van der Waals surface area contributed by atoms with Crippen LogP contribution in [0.15, 0.2) is 48.5 Å². The fraction of sp³-hybridized carbons (Fsp3) is 0.250. The Kier molecular flexibility index (Phi) is 5.48. The van der Waals surface area contributed by atoms with Crippen molar-refractivity contribution < 1.29 is 32.3 Å². The number of carbonyl (C=O) groups is 3. The van der Waals surface area contributed by atoms with E-state index in [9.17, 15) is 27.6 Å². The molecule has 1 heterocycles. The van der Waals surface area contributed by atoms with E-state index in [1.807, 2.05) is 0 Å². The lowest BCUT2D eigenvalue weighted by Crippen LogP contribution is -2.35. The zero-order valence-corrected chi connectivity index (χ0v) is 14.7. The first-order valence-corrected chi connectivity index (χ1v) is 8.54. The molecule has 8 heteroatoms. The smallest absolute Gasteiger partial charge is 0.416 e. The van der Waals surface area contributed by atoms with Gasteiger partial charge in [0.25, 0.3) is 5.91 Å². The second-order valence-electron chi connectivity index (χ2n) is 6.24. The Morgan fingerprint density at radius 3 is 2.32 bits per heavy atom. The molecule has 0 radical (unpaired) electrons. The number of rotatable bonds is 4. The molecule has 3 rings (SSSR count). The summed E-state index contributed by atoms with van der Waals surface area (Å²) in [6.07, 6.45) is -3.59. The Hall–Kier alpha value is -3.16. The molecular weight excluding hydrogens is 375 g/mol. The number of nitrogens with zero attached hydrogens (tertiary/aromatic N) is 1. The van der Waals surface area contributed by atoms with Crippen molar-refractivity contribution in [3.63, 3.8) is 0 Å². The zero-order valence-electron chi connectivity index (χ0n) is 14.7. The Morgan fingerprint density at radius 2 is 1.71 bits per heavy atom. The van der Waals surface area contributed by atoms with Gasteiger partial charge in [0, 0.05) is 13.0 Å². The van der Waals surface area contributed by atoms with Crippen LogP contribution in [0.4, 0.5) is 13.2 Å². The van der Waals surface area contributed by atoms with Crippen LogP contribution < -0.4 is 0 Å². The molecule has 1 fully saturated rings. The predicted octanol–water partition coefficient (Wildman–Crippen LogP) is 3.68. The van der Waals surface area contributed by atoms with E-state index in [2.05, 4.69) is 0 Å². The molecule has 0 saturated carbocycles. The average Bonchev–Trinajstić information content (AvgIpc) is 3.11.